The van der Waals surface area contributed by atoms with Gasteiger partial charge in [-0.05, 0) is 41.8 Å². The Morgan fingerprint density at radius 2 is 1.70 bits per heavy atom. The highest BCUT2D eigenvalue weighted by atomic mass is 32.2. The van der Waals surface area contributed by atoms with E-state index in [1.165, 1.54) is 18.2 Å². The van der Waals surface area contributed by atoms with Crippen LogP contribution in [0.4, 0.5) is 5.69 Å². The van der Waals surface area contributed by atoms with Crippen LogP contribution >= 0.6 is 0 Å². The van der Waals surface area contributed by atoms with E-state index in [0.29, 0.717) is 0 Å². The molecular weight excluding hydrogens is 318 g/mol. The monoisotopic (exact) mass is 335 g/mol. The number of carboxylic acids is 1. The number of hydrogen-bond acceptors (Lipinski definition) is 4. The Labute approximate surface area is 134 Å². The van der Waals surface area contributed by atoms with Gasteiger partial charge in [-0.3, -0.25) is 4.72 Å². The van der Waals surface area contributed by atoms with Gasteiger partial charge in [0.2, 0.25) is 0 Å². The highest BCUT2D eigenvalue weighted by Crippen LogP contribution is 2.24. The number of carbonyl (C=O) groups is 1. The minimum atomic E-state index is -3.84. The number of hydrogen-bond donors (Lipinski definition) is 3. The van der Waals surface area contributed by atoms with Gasteiger partial charge >= 0.3 is 5.97 Å². The van der Waals surface area contributed by atoms with Crippen LogP contribution in [-0.2, 0) is 10.0 Å². The summed E-state index contributed by atoms with van der Waals surface area (Å²) in [7, 11) is -3.84. The predicted octanol–water partition coefficient (Wildman–Crippen LogP) is 3.01. The molecule has 0 spiro atoms. The molecule has 2 rings (SSSR count). The lowest BCUT2D eigenvalue weighted by atomic mass is 10.0. The lowest BCUT2D eigenvalue weighted by Crippen LogP contribution is -2.13. The quantitative estimate of drug-likeness (QED) is 0.729. The zero-order valence-electron chi connectivity index (χ0n) is 12.6. The third-order valence-electron chi connectivity index (χ3n) is 3.34. The van der Waals surface area contributed by atoms with E-state index in [9.17, 15) is 18.3 Å². The molecule has 122 valence electrons. The van der Waals surface area contributed by atoms with E-state index < -0.39 is 21.7 Å². The van der Waals surface area contributed by atoms with Crippen LogP contribution in [0.15, 0.2) is 47.4 Å². The summed E-state index contributed by atoms with van der Waals surface area (Å²) in [6.45, 7) is 4.01. The van der Waals surface area contributed by atoms with E-state index in [2.05, 4.69) is 4.72 Å². The smallest absolute Gasteiger partial charge is 0.339 e. The van der Waals surface area contributed by atoms with Crippen LogP contribution in [0.3, 0.4) is 0 Å². The normalized spacial score (nSPS) is 11.4. The average Bonchev–Trinajstić information content (AvgIpc) is 2.48. The SMILES string of the molecule is CC(C)c1ccc(S(=O)(=O)Nc2ccc(O)c(C(=O)O)c2)cc1. The van der Waals surface area contributed by atoms with E-state index in [0.717, 1.165) is 17.7 Å². The van der Waals surface area contributed by atoms with Crippen molar-refractivity contribution in [3.05, 3.63) is 53.6 Å². The van der Waals surface area contributed by atoms with Gasteiger partial charge in [-0.25, -0.2) is 13.2 Å². The lowest BCUT2D eigenvalue weighted by molar-refractivity contribution is 0.0693. The maximum atomic E-state index is 12.3. The fraction of sp³-hybridized carbons (Fsp3) is 0.188. The highest BCUT2D eigenvalue weighted by Gasteiger charge is 2.17. The molecule has 6 nitrogen and oxygen atoms in total. The molecule has 2 aromatic carbocycles. The second-order valence-electron chi connectivity index (χ2n) is 5.37. The average molecular weight is 335 g/mol. The third-order valence-corrected chi connectivity index (χ3v) is 4.73. The van der Waals surface area contributed by atoms with E-state index >= 15 is 0 Å². The maximum absolute atomic E-state index is 12.3. The molecule has 0 aromatic heterocycles. The fourth-order valence-corrected chi connectivity index (χ4v) is 3.07. The van der Waals surface area contributed by atoms with Crippen molar-refractivity contribution in [2.75, 3.05) is 4.72 Å². The van der Waals surface area contributed by atoms with Gasteiger partial charge in [0.1, 0.15) is 11.3 Å². The van der Waals surface area contributed by atoms with Crippen molar-refractivity contribution in [2.45, 2.75) is 24.7 Å². The number of phenols is 1. The summed E-state index contributed by atoms with van der Waals surface area (Å²) in [6, 6.07) is 9.95. The first-order chi connectivity index (χ1) is 10.7. The summed E-state index contributed by atoms with van der Waals surface area (Å²) in [5.74, 6) is -1.48. The van der Waals surface area contributed by atoms with Crippen LogP contribution in [0.1, 0.15) is 35.7 Å². The number of anilines is 1. The Kier molecular flexibility index (Phi) is 4.60. The number of aromatic hydroxyl groups is 1. The minimum Gasteiger partial charge on any atom is -0.507 e. The van der Waals surface area contributed by atoms with Crippen molar-refractivity contribution in [1.29, 1.82) is 0 Å². The van der Waals surface area contributed by atoms with Gasteiger partial charge in [0.25, 0.3) is 10.0 Å². The minimum absolute atomic E-state index is 0.0631. The fourth-order valence-electron chi connectivity index (χ4n) is 2.02. The lowest BCUT2D eigenvalue weighted by Gasteiger charge is -2.11. The summed E-state index contributed by atoms with van der Waals surface area (Å²) in [4.78, 5) is 11.0. The molecule has 0 heterocycles. The van der Waals surface area contributed by atoms with Crippen LogP contribution in [0.2, 0.25) is 0 Å². The molecule has 0 saturated heterocycles. The number of rotatable bonds is 5. The first-order valence-electron chi connectivity index (χ1n) is 6.90. The first-order valence-corrected chi connectivity index (χ1v) is 8.38. The Bertz CT molecular complexity index is 826. The number of carboxylic acid groups (broad SMARTS) is 1. The van der Waals surface area contributed by atoms with Crippen molar-refractivity contribution in [3.8, 4) is 5.75 Å². The Hall–Kier alpha value is -2.54. The van der Waals surface area contributed by atoms with Crippen LogP contribution in [0, 0.1) is 0 Å². The summed E-state index contributed by atoms with van der Waals surface area (Å²) in [5, 5.41) is 18.4. The van der Waals surface area contributed by atoms with Gasteiger partial charge in [0.15, 0.2) is 0 Å². The van der Waals surface area contributed by atoms with E-state index in [4.69, 9.17) is 5.11 Å². The van der Waals surface area contributed by atoms with Gasteiger partial charge in [-0.15, -0.1) is 0 Å². The summed E-state index contributed by atoms with van der Waals surface area (Å²) in [6.07, 6.45) is 0. The number of sulfonamides is 1. The zero-order valence-corrected chi connectivity index (χ0v) is 13.5. The standard InChI is InChI=1S/C16H17NO5S/c1-10(2)11-3-6-13(7-4-11)23(21,22)17-12-5-8-15(18)14(9-12)16(19)20/h3-10,17-18H,1-2H3,(H,19,20). The van der Waals surface area contributed by atoms with Crippen molar-refractivity contribution in [3.63, 3.8) is 0 Å². The molecular formula is C16H17NO5S. The molecule has 0 aliphatic rings. The molecule has 0 atom stereocenters. The maximum Gasteiger partial charge on any atom is 0.339 e. The predicted molar refractivity (Wildman–Crippen MR) is 86.4 cm³/mol. The van der Waals surface area contributed by atoms with Gasteiger partial charge in [-0.1, -0.05) is 26.0 Å². The molecule has 0 amide bonds. The van der Waals surface area contributed by atoms with Crippen LogP contribution < -0.4 is 4.72 Å². The van der Waals surface area contributed by atoms with Crippen LogP contribution in [0.25, 0.3) is 0 Å². The molecule has 0 saturated carbocycles. The molecule has 0 bridgehead atoms. The number of nitrogens with one attached hydrogen (secondary N) is 1. The third kappa shape index (κ3) is 3.81. The molecule has 0 radical (unpaired) electrons. The molecule has 0 aliphatic heterocycles. The number of aromatic carboxylic acids is 1. The first kappa shape index (κ1) is 16.8. The molecule has 2 aromatic rings. The summed E-state index contributed by atoms with van der Waals surface area (Å²) in [5.41, 5.74) is 0.704. The van der Waals surface area contributed by atoms with Gasteiger partial charge in [-0.2, -0.15) is 0 Å². The van der Waals surface area contributed by atoms with Crippen molar-refractivity contribution in [1.82, 2.24) is 0 Å². The van der Waals surface area contributed by atoms with Crippen molar-refractivity contribution < 1.29 is 23.4 Å². The summed E-state index contributed by atoms with van der Waals surface area (Å²) >= 11 is 0. The second-order valence-corrected chi connectivity index (χ2v) is 7.05. The highest BCUT2D eigenvalue weighted by molar-refractivity contribution is 7.92. The molecule has 7 heteroatoms. The molecule has 0 aliphatic carbocycles. The molecule has 0 unspecified atom stereocenters. The van der Waals surface area contributed by atoms with E-state index in [1.54, 1.807) is 12.1 Å². The van der Waals surface area contributed by atoms with Gasteiger partial charge in [0.05, 0.1) is 4.90 Å². The molecule has 23 heavy (non-hydrogen) atoms. The van der Waals surface area contributed by atoms with Gasteiger partial charge < -0.3 is 10.2 Å². The van der Waals surface area contributed by atoms with Gasteiger partial charge in [0, 0.05) is 5.69 Å². The van der Waals surface area contributed by atoms with Crippen LogP contribution in [0.5, 0.6) is 5.75 Å². The molecule has 3 N–H and O–H groups in total. The van der Waals surface area contributed by atoms with Crippen LogP contribution in [-0.4, -0.2) is 24.6 Å². The van der Waals surface area contributed by atoms with Crippen molar-refractivity contribution >= 4 is 21.7 Å². The Morgan fingerprint density at radius 1 is 1.09 bits per heavy atom. The van der Waals surface area contributed by atoms with E-state index in [-0.39, 0.29) is 22.1 Å². The topological polar surface area (TPSA) is 104 Å². The van der Waals surface area contributed by atoms with Crippen molar-refractivity contribution in [2.24, 2.45) is 0 Å². The Balaban J connectivity index is 2.31. The number of benzene rings is 2. The zero-order chi connectivity index (χ0) is 17.2. The Morgan fingerprint density at radius 3 is 2.22 bits per heavy atom. The summed E-state index contributed by atoms with van der Waals surface area (Å²) < 4.78 is 27.0. The largest absolute Gasteiger partial charge is 0.507 e. The molecule has 0 fully saturated rings. The second kappa shape index (κ2) is 6.29. The van der Waals surface area contributed by atoms with E-state index in [1.807, 2.05) is 13.8 Å².